The minimum Gasteiger partial charge on any atom is -0.497 e. The molecule has 1 aromatic rings. The Morgan fingerprint density at radius 3 is 2.62 bits per heavy atom. The fourth-order valence-electron chi connectivity index (χ4n) is 4.07. The van der Waals surface area contributed by atoms with Crippen LogP contribution in [0.1, 0.15) is 38.7 Å². The van der Waals surface area contributed by atoms with E-state index in [0.717, 1.165) is 42.5 Å². The van der Waals surface area contributed by atoms with Crippen molar-refractivity contribution in [1.82, 2.24) is 4.90 Å². The Hall–Kier alpha value is -2.03. The van der Waals surface area contributed by atoms with E-state index in [0.29, 0.717) is 5.41 Å². The molecule has 0 unspecified atom stereocenters. The van der Waals surface area contributed by atoms with Crippen molar-refractivity contribution in [3.05, 3.63) is 47.7 Å². The predicted molar refractivity (Wildman–Crippen MR) is 97.5 cm³/mol. The lowest BCUT2D eigenvalue weighted by molar-refractivity contribution is -0.115. The van der Waals surface area contributed by atoms with Crippen LogP contribution >= 0.6 is 0 Å². The molecule has 3 heteroatoms. The zero-order valence-corrected chi connectivity index (χ0v) is 14.9. The van der Waals surface area contributed by atoms with Crippen molar-refractivity contribution in [2.45, 2.75) is 33.1 Å². The van der Waals surface area contributed by atoms with E-state index >= 15 is 0 Å². The lowest BCUT2D eigenvalue weighted by atomic mass is 9.48. The van der Waals surface area contributed by atoms with Gasteiger partial charge in [-0.3, -0.25) is 4.79 Å². The SMILES string of the molecule is COc1ccc(/C=C/N(C=O)CCC2=CC[C@H]3C[C@@H]2C3(C)C)cc1. The Bertz CT molecular complexity index is 642. The predicted octanol–water partition coefficient (Wildman–Crippen LogP) is 4.51. The minimum absolute atomic E-state index is 0.453. The van der Waals surface area contributed by atoms with Crippen LogP contribution < -0.4 is 4.74 Å². The van der Waals surface area contributed by atoms with Gasteiger partial charge in [0.25, 0.3) is 0 Å². The summed E-state index contributed by atoms with van der Waals surface area (Å²) in [6.07, 6.45) is 10.7. The number of hydrogen-bond acceptors (Lipinski definition) is 2. The number of nitrogens with zero attached hydrogens (tertiary/aromatic N) is 1. The van der Waals surface area contributed by atoms with E-state index < -0.39 is 0 Å². The van der Waals surface area contributed by atoms with Gasteiger partial charge in [-0.05, 0) is 60.3 Å². The first-order valence-electron chi connectivity index (χ1n) is 8.77. The van der Waals surface area contributed by atoms with Gasteiger partial charge in [0.1, 0.15) is 5.75 Å². The summed E-state index contributed by atoms with van der Waals surface area (Å²) in [6, 6.07) is 7.82. The lowest BCUT2D eigenvalue weighted by Gasteiger charge is -2.56. The number of carbonyl (C=O) groups is 1. The fourth-order valence-corrected chi connectivity index (χ4v) is 4.07. The summed E-state index contributed by atoms with van der Waals surface area (Å²) in [7, 11) is 1.66. The van der Waals surface area contributed by atoms with Crippen molar-refractivity contribution in [3.63, 3.8) is 0 Å². The Morgan fingerprint density at radius 1 is 1.29 bits per heavy atom. The summed E-state index contributed by atoms with van der Waals surface area (Å²) in [5.41, 5.74) is 3.06. The van der Waals surface area contributed by atoms with Crippen molar-refractivity contribution in [1.29, 1.82) is 0 Å². The minimum atomic E-state index is 0.453. The van der Waals surface area contributed by atoms with Gasteiger partial charge < -0.3 is 9.64 Å². The highest BCUT2D eigenvalue weighted by atomic mass is 16.5. The molecule has 3 nitrogen and oxygen atoms in total. The molecule has 2 atom stereocenters. The van der Waals surface area contributed by atoms with Crippen molar-refractivity contribution < 1.29 is 9.53 Å². The van der Waals surface area contributed by atoms with E-state index in [4.69, 9.17) is 4.74 Å². The maximum Gasteiger partial charge on any atom is 0.213 e. The molecule has 1 aromatic carbocycles. The van der Waals surface area contributed by atoms with Gasteiger partial charge in [-0.2, -0.15) is 0 Å². The number of benzene rings is 1. The zero-order chi connectivity index (χ0) is 17.2. The van der Waals surface area contributed by atoms with Gasteiger partial charge in [0.15, 0.2) is 0 Å². The van der Waals surface area contributed by atoms with Crippen LogP contribution in [-0.2, 0) is 4.79 Å². The van der Waals surface area contributed by atoms with E-state index in [-0.39, 0.29) is 0 Å². The van der Waals surface area contributed by atoms with Crippen LogP contribution in [-0.4, -0.2) is 25.0 Å². The van der Waals surface area contributed by atoms with E-state index in [1.165, 1.54) is 12.8 Å². The highest BCUT2D eigenvalue weighted by Gasteiger charge is 2.50. The van der Waals surface area contributed by atoms with Gasteiger partial charge in [0.2, 0.25) is 6.41 Å². The molecule has 128 valence electrons. The van der Waals surface area contributed by atoms with Crippen LogP contribution in [0.4, 0.5) is 0 Å². The molecule has 0 aromatic heterocycles. The number of rotatable bonds is 7. The second-order valence-corrected chi connectivity index (χ2v) is 7.50. The molecule has 4 rings (SSSR count). The molecular weight excluding hydrogens is 298 g/mol. The monoisotopic (exact) mass is 325 g/mol. The van der Waals surface area contributed by atoms with Gasteiger partial charge in [-0.15, -0.1) is 0 Å². The average molecular weight is 325 g/mol. The molecule has 3 aliphatic carbocycles. The molecule has 1 saturated carbocycles. The van der Waals surface area contributed by atoms with Crippen LogP contribution in [0.15, 0.2) is 42.1 Å². The van der Waals surface area contributed by atoms with Crippen molar-refractivity contribution in [2.75, 3.05) is 13.7 Å². The van der Waals surface area contributed by atoms with Crippen LogP contribution in [0.2, 0.25) is 0 Å². The molecule has 24 heavy (non-hydrogen) atoms. The van der Waals surface area contributed by atoms with Gasteiger partial charge in [-0.1, -0.05) is 37.6 Å². The number of methoxy groups -OCH3 is 1. The molecule has 3 aliphatic rings. The molecular formula is C21H27NO2. The molecule has 0 N–H and O–H groups in total. The molecule has 1 fully saturated rings. The third-order valence-corrected chi connectivity index (χ3v) is 5.95. The zero-order valence-electron chi connectivity index (χ0n) is 14.9. The number of ether oxygens (including phenoxy) is 1. The summed E-state index contributed by atoms with van der Waals surface area (Å²) in [6.45, 7) is 5.53. The average Bonchev–Trinajstić information content (AvgIpc) is 2.62. The number of carbonyl (C=O) groups excluding carboxylic acids is 1. The summed E-state index contributed by atoms with van der Waals surface area (Å²) in [4.78, 5) is 13.1. The number of hydrogen-bond donors (Lipinski definition) is 0. The summed E-state index contributed by atoms with van der Waals surface area (Å²) < 4.78 is 5.16. The highest BCUT2D eigenvalue weighted by molar-refractivity contribution is 5.56. The van der Waals surface area contributed by atoms with Gasteiger partial charge in [0.05, 0.1) is 7.11 Å². The quantitative estimate of drug-likeness (QED) is 0.545. The number of allylic oxidation sites excluding steroid dienone is 1. The van der Waals surface area contributed by atoms with Crippen LogP contribution in [0.5, 0.6) is 5.75 Å². The lowest BCUT2D eigenvalue weighted by Crippen LogP contribution is -2.48. The largest absolute Gasteiger partial charge is 0.497 e. The normalized spacial score (nSPS) is 24.2. The van der Waals surface area contributed by atoms with E-state index in [1.807, 2.05) is 36.5 Å². The van der Waals surface area contributed by atoms with Gasteiger partial charge >= 0.3 is 0 Å². The van der Waals surface area contributed by atoms with E-state index in [9.17, 15) is 4.79 Å². The topological polar surface area (TPSA) is 29.5 Å². The Morgan fingerprint density at radius 2 is 2.04 bits per heavy atom. The molecule has 0 saturated heterocycles. The Labute approximate surface area is 145 Å². The first-order valence-corrected chi connectivity index (χ1v) is 8.77. The molecule has 1 amide bonds. The van der Waals surface area contributed by atoms with Crippen LogP contribution in [0.25, 0.3) is 6.08 Å². The van der Waals surface area contributed by atoms with E-state index in [2.05, 4.69) is 19.9 Å². The second kappa shape index (κ2) is 6.84. The highest BCUT2D eigenvalue weighted by Crippen LogP contribution is 2.59. The summed E-state index contributed by atoms with van der Waals surface area (Å²) >= 11 is 0. The van der Waals surface area contributed by atoms with Crippen molar-refractivity contribution in [3.8, 4) is 5.75 Å². The molecule has 2 bridgehead atoms. The fraction of sp³-hybridized carbons (Fsp3) is 0.476. The smallest absolute Gasteiger partial charge is 0.213 e. The molecule has 0 radical (unpaired) electrons. The summed E-state index contributed by atoms with van der Waals surface area (Å²) in [5.74, 6) is 2.42. The van der Waals surface area contributed by atoms with E-state index in [1.54, 1.807) is 17.6 Å². The third kappa shape index (κ3) is 3.26. The van der Waals surface area contributed by atoms with Crippen molar-refractivity contribution >= 4 is 12.5 Å². The third-order valence-electron chi connectivity index (χ3n) is 5.95. The standard InChI is InChI=1S/C21H27NO2/c1-21(2)18-7-6-17(20(21)14-18)11-13-22(15-23)12-10-16-4-8-19(24-3)9-5-16/h4-6,8-10,12,15,18,20H,7,11,13-14H2,1-3H3/b12-10+/t18-,20-/m0/s1. The number of fused-ring (bicyclic) bond motifs is 1. The maximum absolute atomic E-state index is 11.4. The van der Waals surface area contributed by atoms with Crippen LogP contribution in [0, 0.1) is 17.3 Å². The molecule has 0 aliphatic heterocycles. The Balaban J connectivity index is 1.56. The molecule has 0 spiro atoms. The first-order chi connectivity index (χ1) is 11.5. The van der Waals surface area contributed by atoms with Gasteiger partial charge in [-0.25, -0.2) is 0 Å². The second-order valence-electron chi connectivity index (χ2n) is 7.50. The van der Waals surface area contributed by atoms with Gasteiger partial charge in [0, 0.05) is 12.7 Å². The number of amides is 1. The van der Waals surface area contributed by atoms with Crippen molar-refractivity contribution in [2.24, 2.45) is 17.3 Å². The maximum atomic E-state index is 11.4. The van der Waals surface area contributed by atoms with Crippen LogP contribution in [0.3, 0.4) is 0 Å². The molecule has 0 heterocycles. The Kier molecular flexibility index (Phi) is 4.79. The summed E-state index contributed by atoms with van der Waals surface area (Å²) in [5, 5.41) is 0. The first kappa shape index (κ1) is 16.8.